The van der Waals surface area contributed by atoms with Crippen LogP contribution in [-0.2, 0) is 16.6 Å². The van der Waals surface area contributed by atoms with Crippen molar-refractivity contribution in [3.05, 3.63) is 16.5 Å². The molecule has 4 nitrogen and oxygen atoms in total. The Hall–Kier alpha value is -0.430. The summed E-state index contributed by atoms with van der Waals surface area (Å²) in [5.74, 6) is 0.562. The quantitative estimate of drug-likeness (QED) is 0.810. The van der Waals surface area contributed by atoms with Gasteiger partial charge in [0.2, 0.25) is 10.0 Å². The maximum atomic E-state index is 12.2. The molecule has 0 bridgehead atoms. The smallest absolute Gasteiger partial charge is 0.250 e. The molecule has 3 rings (SSSR count). The topological polar surface area (TPSA) is 58.2 Å². The summed E-state index contributed by atoms with van der Waals surface area (Å²) >= 11 is 1.40. The minimum Gasteiger partial charge on any atom is -0.309 e. The van der Waals surface area contributed by atoms with Crippen LogP contribution in [0.2, 0.25) is 0 Å². The van der Waals surface area contributed by atoms with Gasteiger partial charge in [0, 0.05) is 24.0 Å². The second-order valence-corrected chi connectivity index (χ2v) is 8.75. The minimum absolute atomic E-state index is 0.457. The molecule has 0 atom stereocenters. The van der Waals surface area contributed by atoms with Gasteiger partial charge in [0.05, 0.1) is 0 Å². The molecule has 2 saturated carbocycles. The van der Waals surface area contributed by atoms with E-state index in [0.29, 0.717) is 22.7 Å². The molecule has 106 valence electrons. The SMILES string of the molecule is Cc1cc(S(=O)(=O)NCC2CC2)sc1CNC1CC1. The van der Waals surface area contributed by atoms with Gasteiger partial charge in [-0.05, 0) is 50.2 Å². The summed E-state index contributed by atoms with van der Waals surface area (Å²) in [6.45, 7) is 3.37. The van der Waals surface area contributed by atoms with E-state index in [1.54, 1.807) is 6.07 Å². The molecule has 1 aromatic heterocycles. The van der Waals surface area contributed by atoms with Crippen LogP contribution in [-0.4, -0.2) is 21.0 Å². The van der Waals surface area contributed by atoms with Gasteiger partial charge in [0.15, 0.2) is 0 Å². The van der Waals surface area contributed by atoms with E-state index >= 15 is 0 Å². The van der Waals surface area contributed by atoms with Gasteiger partial charge >= 0.3 is 0 Å². The van der Waals surface area contributed by atoms with Crippen LogP contribution < -0.4 is 10.0 Å². The van der Waals surface area contributed by atoms with Crippen LogP contribution in [0.4, 0.5) is 0 Å². The van der Waals surface area contributed by atoms with E-state index in [2.05, 4.69) is 10.0 Å². The predicted octanol–water partition coefficient (Wildman–Crippen LogP) is 2.00. The standard InChI is InChI=1S/C13H20N2O2S2/c1-9-6-13(18-12(9)8-14-11-4-5-11)19(16,17)15-7-10-2-3-10/h6,10-11,14-15H,2-5,7-8H2,1H3. The van der Waals surface area contributed by atoms with E-state index in [1.807, 2.05) is 6.92 Å². The number of hydrogen-bond donors (Lipinski definition) is 2. The van der Waals surface area contributed by atoms with Gasteiger partial charge in [-0.2, -0.15) is 0 Å². The second kappa shape index (κ2) is 5.16. The average Bonchev–Trinajstić information content (AvgIpc) is 3.25. The Balaban J connectivity index is 1.66. The number of sulfonamides is 1. The Bertz CT molecular complexity index is 557. The summed E-state index contributed by atoms with van der Waals surface area (Å²) in [5, 5.41) is 3.43. The van der Waals surface area contributed by atoms with Gasteiger partial charge in [-0.25, -0.2) is 13.1 Å². The molecule has 0 spiro atoms. The van der Waals surface area contributed by atoms with E-state index in [-0.39, 0.29) is 0 Å². The van der Waals surface area contributed by atoms with Gasteiger partial charge < -0.3 is 5.32 Å². The monoisotopic (exact) mass is 300 g/mol. The molecule has 2 aliphatic rings. The first kappa shape index (κ1) is 13.5. The van der Waals surface area contributed by atoms with Gasteiger partial charge in [-0.15, -0.1) is 11.3 Å². The van der Waals surface area contributed by atoms with Gasteiger partial charge in [-0.3, -0.25) is 0 Å². The highest BCUT2D eigenvalue weighted by Crippen LogP contribution is 2.30. The van der Waals surface area contributed by atoms with Crippen LogP contribution in [0.1, 0.15) is 36.1 Å². The molecule has 6 heteroatoms. The fourth-order valence-corrected chi connectivity index (χ4v) is 4.64. The van der Waals surface area contributed by atoms with Crippen molar-refractivity contribution >= 4 is 21.4 Å². The van der Waals surface area contributed by atoms with Crippen molar-refractivity contribution < 1.29 is 8.42 Å². The van der Waals surface area contributed by atoms with Crippen molar-refractivity contribution in [1.82, 2.24) is 10.0 Å². The summed E-state index contributed by atoms with van der Waals surface area (Å²) in [6, 6.07) is 2.44. The highest BCUT2D eigenvalue weighted by Gasteiger charge is 2.26. The first-order valence-electron chi connectivity index (χ1n) is 6.87. The molecule has 0 unspecified atom stereocenters. The van der Waals surface area contributed by atoms with Crippen LogP contribution in [0.15, 0.2) is 10.3 Å². The zero-order chi connectivity index (χ0) is 13.5. The maximum absolute atomic E-state index is 12.2. The number of aryl methyl sites for hydroxylation is 1. The van der Waals surface area contributed by atoms with E-state index in [9.17, 15) is 8.42 Å². The molecule has 2 fully saturated rings. The van der Waals surface area contributed by atoms with Gasteiger partial charge in [0.1, 0.15) is 4.21 Å². The molecule has 0 aromatic carbocycles. The first-order valence-corrected chi connectivity index (χ1v) is 9.17. The fourth-order valence-electron chi connectivity index (χ4n) is 1.94. The lowest BCUT2D eigenvalue weighted by atomic mass is 10.3. The van der Waals surface area contributed by atoms with Crippen molar-refractivity contribution in [3.63, 3.8) is 0 Å². The average molecular weight is 300 g/mol. The highest BCUT2D eigenvalue weighted by atomic mass is 32.2. The predicted molar refractivity (Wildman–Crippen MR) is 76.8 cm³/mol. The molecule has 0 radical (unpaired) electrons. The van der Waals surface area contributed by atoms with Crippen molar-refractivity contribution in [2.75, 3.05) is 6.54 Å². The summed E-state index contributed by atoms with van der Waals surface area (Å²) < 4.78 is 27.5. The van der Waals surface area contributed by atoms with E-state index < -0.39 is 10.0 Å². The van der Waals surface area contributed by atoms with Gasteiger partial charge in [-0.1, -0.05) is 0 Å². The molecule has 0 saturated heterocycles. The Morgan fingerprint density at radius 1 is 1.32 bits per heavy atom. The molecule has 1 heterocycles. The van der Waals surface area contributed by atoms with Crippen LogP contribution in [0.5, 0.6) is 0 Å². The van der Waals surface area contributed by atoms with Crippen LogP contribution in [0, 0.1) is 12.8 Å². The third-order valence-corrected chi connectivity index (χ3v) is 6.78. The van der Waals surface area contributed by atoms with E-state index in [0.717, 1.165) is 29.8 Å². The number of hydrogen-bond acceptors (Lipinski definition) is 4. The summed E-state index contributed by atoms with van der Waals surface area (Å²) in [5.41, 5.74) is 1.07. The molecule has 1 aromatic rings. The summed E-state index contributed by atoms with van der Waals surface area (Å²) in [6.07, 6.45) is 4.81. The van der Waals surface area contributed by atoms with Crippen molar-refractivity contribution in [3.8, 4) is 0 Å². The third kappa shape index (κ3) is 3.56. The second-order valence-electron chi connectivity index (χ2n) is 5.62. The van der Waals surface area contributed by atoms with Crippen LogP contribution in [0.3, 0.4) is 0 Å². The number of nitrogens with one attached hydrogen (secondary N) is 2. The molecule has 2 aliphatic carbocycles. The molecule has 0 amide bonds. The van der Waals surface area contributed by atoms with E-state index in [1.165, 1.54) is 24.2 Å². The van der Waals surface area contributed by atoms with Crippen molar-refractivity contribution in [2.45, 2.75) is 49.4 Å². The zero-order valence-corrected chi connectivity index (χ0v) is 12.7. The number of thiophene rings is 1. The fraction of sp³-hybridized carbons (Fsp3) is 0.692. The Morgan fingerprint density at radius 2 is 2.05 bits per heavy atom. The lowest BCUT2D eigenvalue weighted by Gasteiger charge is -2.03. The number of rotatable bonds is 7. The minimum atomic E-state index is -3.30. The van der Waals surface area contributed by atoms with E-state index in [4.69, 9.17) is 0 Å². The molecular weight excluding hydrogens is 280 g/mol. The normalized spacial score (nSPS) is 19.8. The molecule has 19 heavy (non-hydrogen) atoms. The lowest BCUT2D eigenvalue weighted by molar-refractivity contribution is 0.579. The van der Waals surface area contributed by atoms with Crippen LogP contribution >= 0.6 is 11.3 Å². The molecule has 0 aliphatic heterocycles. The van der Waals surface area contributed by atoms with Crippen LogP contribution in [0.25, 0.3) is 0 Å². The Morgan fingerprint density at radius 3 is 2.68 bits per heavy atom. The summed E-state index contributed by atoms with van der Waals surface area (Å²) in [4.78, 5) is 1.14. The lowest BCUT2D eigenvalue weighted by Crippen LogP contribution is -2.25. The largest absolute Gasteiger partial charge is 0.309 e. The first-order chi connectivity index (χ1) is 9.04. The zero-order valence-electron chi connectivity index (χ0n) is 11.1. The molecular formula is C13H20N2O2S2. The Kier molecular flexibility index (Phi) is 3.68. The van der Waals surface area contributed by atoms with Gasteiger partial charge in [0.25, 0.3) is 0 Å². The maximum Gasteiger partial charge on any atom is 0.250 e. The van der Waals surface area contributed by atoms with Crippen molar-refractivity contribution in [2.24, 2.45) is 5.92 Å². The molecule has 2 N–H and O–H groups in total. The highest BCUT2D eigenvalue weighted by molar-refractivity contribution is 7.91. The third-order valence-electron chi connectivity index (χ3n) is 3.65. The summed E-state index contributed by atoms with van der Waals surface area (Å²) in [7, 11) is -3.30. The Labute approximate surface area is 118 Å². The van der Waals surface area contributed by atoms with Crippen molar-refractivity contribution in [1.29, 1.82) is 0 Å².